The molecule has 0 heterocycles. The fraction of sp³-hybridized carbons (Fsp3) is 0.231. The molecule has 0 saturated carbocycles. The number of carbonyl (C=O) groups excluding carboxylic acids is 2. The number of sulfonamides is 1. The molecule has 0 saturated heterocycles. The fourth-order valence-electron chi connectivity index (χ4n) is 3.61. The summed E-state index contributed by atoms with van der Waals surface area (Å²) in [7, 11) is -2.52. The van der Waals surface area contributed by atoms with E-state index in [1.807, 2.05) is 31.2 Å². The van der Waals surface area contributed by atoms with Crippen LogP contribution in [0.2, 0.25) is 0 Å². The Hall–Kier alpha value is -3.65. The molecule has 3 rings (SSSR count). The summed E-state index contributed by atoms with van der Waals surface area (Å²) in [5, 5.41) is 2.58. The van der Waals surface area contributed by atoms with Crippen molar-refractivity contribution in [3.05, 3.63) is 96.1 Å². The van der Waals surface area contributed by atoms with E-state index in [-0.39, 0.29) is 17.3 Å². The van der Waals surface area contributed by atoms with Gasteiger partial charge in [-0.15, -0.1) is 0 Å². The molecule has 178 valence electrons. The number of carbonyl (C=O) groups is 2. The SMILES string of the molecule is CNC(=O)[C@@H](C)N(Cc1ccccc1C)C(=O)CN(c1ccccc1)S(=O)(=O)c1ccccc1. The molecule has 1 N–H and O–H groups in total. The van der Waals surface area contributed by atoms with Gasteiger partial charge in [-0.05, 0) is 49.2 Å². The lowest BCUT2D eigenvalue weighted by Gasteiger charge is -2.32. The number of amides is 2. The van der Waals surface area contributed by atoms with Gasteiger partial charge in [0.25, 0.3) is 10.0 Å². The van der Waals surface area contributed by atoms with E-state index in [0.29, 0.717) is 5.69 Å². The average molecular weight is 480 g/mol. The molecule has 1 atom stereocenters. The monoisotopic (exact) mass is 479 g/mol. The van der Waals surface area contributed by atoms with E-state index in [2.05, 4.69) is 5.32 Å². The van der Waals surface area contributed by atoms with E-state index < -0.39 is 28.5 Å². The Morgan fingerprint density at radius 3 is 2.03 bits per heavy atom. The van der Waals surface area contributed by atoms with Gasteiger partial charge in [-0.2, -0.15) is 0 Å². The maximum Gasteiger partial charge on any atom is 0.264 e. The second-order valence-electron chi connectivity index (χ2n) is 7.90. The van der Waals surface area contributed by atoms with Crippen LogP contribution >= 0.6 is 0 Å². The minimum atomic E-state index is -4.03. The molecule has 8 heteroatoms. The highest BCUT2D eigenvalue weighted by Gasteiger charge is 2.32. The number of nitrogens with zero attached hydrogens (tertiary/aromatic N) is 2. The van der Waals surface area contributed by atoms with Crippen LogP contribution in [0.5, 0.6) is 0 Å². The van der Waals surface area contributed by atoms with E-state index in [9.17, 15) is 18.0 Å². The normalized spacial score (nSPS) is 12.0. The first-order valence-corrected chi connectivity index (χ1v) is 12.4. The molecule has 3 aromatic rings. The van der Waals surface area contributed by atoms with Crippen molar-refractivity contribution in [3.8, 4) is 0 Å². The molecule has 0 aliphatic heterocycles. The molecule has 0 unspecified atom stereocenters. The minimum absolute atomic E-state index is 0.0801. The predicted molar refractivity (Wildman–Crippen MR) is 133 cm³/mol. The van der Waals surface area contributed by atoms with Crippen molar-refractivity contribution in [1.29, 1.82) is 0 Å². The number of anilines is 1. The summed E-state index contributed by atoms with van der Waals surface area (Å²) in [5.74, 6) is -0.818. The number of aryl methyl sites for hydroxylation is 1. The number of benzene rings is 3. The molecular formula is C26H29N3O4S. The van der Waals surface area contributed by atoms with E-state index in [1.54, 1.807) is 55.5 Å². The molecule has 0 spiro atoms. The highest BCUT2D eigenvalue weighted by atomic mass is 32.2. The molecule has 0 aliphatic rings. The number of hydrogen-bond donors (Lipinski definition) is 1. The van der Waals surface area contributed by atoms with Crippen molar-refractivity contribution in [2.75, 3.05) is 17.9 Å². The van der Waals surface area contributed by atoms with Crippen LogP contribution in [0.25, 0.3) is 0 Å². The maximum atomic E-state index is 13.6. The zero-order valence-corrected chi connectivity index (χ0v) is 20.3. The van der Waals surface area contributed by atoms with Gasteiger partial charge >= 0.3 is 0 Å². The molecule has 0 fully saturated rings. The molecule has 0 aromatic heterocycles. The van der Waals surface area contributed by atoms with Gasteiger partial charge in [0.1, 0.15) is 12.6 Å². The van der Waals surface area contributed by atoms with Crippen LogP contribution in [-0.2, 0) is 26.2 Å². The van der Waals surface area contributed by atoms with Crippen LogP contribution in [0.1, 0.15) is 18.1 Å². The molecule has 0 aliphatic carbocycles. The third-order valence-corrected chi connectivity index (χ3v) is 7.46. The van der Waals surface area contributed by atoms with Crippen LogP contribution in [-0.4, -0.2) is 44.8 Å². The Morgan fingerprint density at radius 1 is 0.882 bits per heavy atom. The molecule has 3 aromatic carbocycles. The topological polar surface area (TPSA) is 86.8 Å². The first-order chi connectivity index (χ1) is 16.3. The van der Waals surface area contributed by atoms with Crippen molar-refractivity contribution < 1.29 is 18.0 Å². The summed E-state index contributed by atoms with van der Waals surface area (Å²) in [6.07, 6.45) is 0. The Labute approximate surface area is 201 Å². The van der Waals surface area contributed by atoms with Crippen molar-refractivity contribution in [2.45, 2.75) is 31.3 Å². The summed E-state index contributed by atoms with van der Waals surface area (Å²) >= 11 is 0. The first-order valence-electron chi connectivity index (χ1n) is 10.9. The van der Waals surface area contributed by atoms with Crippen LogP contribution in [0.15, 0.2) is 89.8 Å². The number of nitrogens with one attached hydrogen (secondary N) is 1. The average Bonchev–Trinajstić information content (AvgIpc) is 2.86. The number of likely N-dealkylation sites (N-methyl/N-ethyl adjacent to an activating group) is 1. The third kappa shape index (κ3) is 5.63. The summed E-state index contributed by atoms with van der Waals surface area (Å²) < 4.78 is 28.2. The van der Waals surface area contributed by atoms with Gasteiger partial charge in [-0.3, -0.25) is 13.9 Å². The Bertz CT molecular complexity index is 1230. The van der Waals surface area contributed by atoms with Gasteiger partial charge in [0, 0.05) is 13.6 Å². The molecule has 2 amide bonds. The molecule has 34 heavy (non-hydrogen) atoms. The van der Waals surface area contributed by atoms with Gasteiger partial charge in [-0.25, -0.2) is 8.42 Å². The standard InChI is InChI=1S/C26H29N3O4S/c1-20-12-10-11-13-22(20)18-28(21(2)26(31)27-3)25(30)19-29(23-14-6-4-7-15-23)34(32,33)24-16-8-5-9-17-24/h4-17,21H,18-19H2,1-3H3,(H,27,31)/t21-/m1/s1. The molecule has 7 nitrogen and oxygen atoms in total. The zero-order chi connectivity index (χ0) is 24.7. The second kappa shape index (κ2) is 11.0. The number of hydrogen-bond acceptors (Lipinski definition) is 4. The fourth-order valence-corrected chi connectivity index (χ4v) is 5.04. The number of rotatable bonds is 9. The maximum absolute atomic E-state index is 13.6. The smallest absolute Gasteiger partial charge is 0.264 e. The van der Waals surface area contributed by atoms with Gasteiger partial charge in [-0.1, -0.05) is 60.7 Å². The van der Waals surface area contributed by atoms with Crippen molar-refractivity contribution in [2.24, 2.45) is 0 Å². The summed E-state index contributed by atoms with van der Waals surface area (Å²) in [6.45, 7) is 3.29. The largest absolute Gasteiger partial charge is 0.357 e. The van der Waals surface area contributed by atoms with Gasteiger partial charge in [0.2, 0.25) is 11.8 Å². The summed E-state index contributed by atoms with van der Waals surface area (Å²) in [5.41, 5.74) is 2.22. The van der Waals surface area contributed by atoms with Crippen LogP contribution < -0.4 is 9.62 Å². The van der Waals surface area contributed by atoms with Crippen LogP contribution in [0.4, 0.5) is 5.69 Å². The Morgan fingerprint density at radius 2 is 1.44 bits per heavy atom. The predicted octanol–water partition coefficient (Wildman–Crippen LogP) is 3.35. The van der Waals surface area contributed by atoms with Crippen LogP contribution in [0, 0.1) is 6.92 Å². The van der Waals surface area contributed by atoms with Gasteiger partial charge in [0.05, 0.1) is 10.6 Å². The van der Waals surface area contributed by atoms with E-state index in [0.717, 1.165) is 15.4 Å². The second-order valence-corrected chi connectivity index (χ2v) is 9.76. The van der Waals surface area contributed by atoms with Crippen LogP contribution in [0.3, 0.4) is 0 Å². The zero-order valence-electron chi connectivity index (χ0n) is 19.5. The summed E-state index contributed by atoms with van der Waals surface area (Å²) in [4.78, 5) is 27.6. The summed E-state index contributed by atoms with van der Waals surface area (Å²) in [6, 6.07) is 23.3. The highest BCUT2D eigenvalue weighted by molar-refractivity contribution is 7.92. The highest BCUT2D eigenvalue weighted by Crippen LogP contribution is 2.24. The number of para-hydroxylation sites is 1. The lowest BCUT2D eigenvalue weighted by atomic mass is 10.1. The van der Waals surface area contributed by atoms with E-state index in [1.165, 1.54) is 24.1 Å². The molecule has 0 radical (unpaired) electrons. The quantitative estimate of drug-likeness (QED) is 0.510. The molecule has 0 bridgehead atoms. The first kappa shape index (κ1) is 25.0. The Balaban J connectivity index is 2.01. The van der Waals surface area contributed by atoms with Crippen molar-refractivity contribution in [3.63, 3.8) is 0 Å². The lowest BCUT2D eigenvalue weighted by Crippen LogP contribution is -2.50. The molecular weight excluding hydrogens is 450 g/mol. The van der Waals surface area contributed by atoms with Gasteiger partial charge in [0.15, 0.2) is 0 Å². The minimum Gasteiger partial charge on any atom is -0.357 e. The third-order valence-electron chi connectivity index (χ3n) is 5.67. The van der Waals surface area contributed by atoms with Crippen molar-refractivity contribution in [1.82, 2.24) is 10.2 Å². The lowest BCUT2D eigenvalue weighted by molar-refractivity contribution is -0.139. The Kier molecular flexibility index (Phi) is 8.07. The van der Waals surface area contributed by atoms with E-state index >= 15 is 0 Å². The van der Waals surface area contributed by atoms with Crippen molar-refractivity contribution >= 4 is 27.5 Å². The van der Waals surface area contributed by atoms with Gasteiger partial charge < -0.3 is 10.2 Å². The van der Waals surface area contributed by atoms with E-state index in [4.69, 9.17) is 0 Å².